The van der Waals surface area contributed by atoms with Crippen LogP contribution in [0.4, 0.5) is 4.39 Å². The number of nitrogens with two attached hydrogens (primary N) is 1. The van der Waals surface area contributed by atoms with Crippen LogP contribution in [0.1, 0.15) is 49.9 Å². The quantitative estimate of drug-likeness (QED) is 0.873. The molecule has 1 fully saturated rings. The van der Waals surface area contributed by atoms with Gasteiger partial charge >= 0.3 is 0 Å². The molecule has 0 saturated heterocycles. The Kier molecular flexibility index (Phi) is 3.38. The van der Waals surface area contributed by atoms with Crippen LogP contribution in [0.25, 0.3) is 0 Å². The molecule has 1 unspecified atom stereocenters. The molecule has 2 rings (SSSR count). The molecular weight excluding hydrogens is 217 g/mol. The van der Waals surface area contributed by atoms with Crippen LogP contribution >= 0.6 is 0 Å². The summed E-state index contributed by atoms with van der Waals surface area (Å²) in [6, 6.07) is 5.47. The largest absolute Gasteiger partial charge is 0.496 e. The van der Waals surface area contributed by atoms with E-state index < -0.39 is 6.17 Å². The van der Waals surface area contributed by atoms with Crippen molar-refractivity contribution in [1.29, 1.82) is 0 Å². The van der Waals surface area contributed by atoms with Crippen LogP contribution < -0.4 is 10.5 Å². The van der Waals surface area contributed by atoms with E-state index in [0.29, 0.717) is 5.56 Å². The first kappa shape index (κ1) is 12.4. The maximum Gasteiger partial charge on any atom is 0.123 e. The fourth-order valence-corrected chi connectivity index (χ4v) is 2.64. The number of ether oxygens (including phenoxy) is 1. The molecule has 1 aromatic carbocycles. The van der Waals surface area contributed by atoms with Gasteiger partial charge < -0.3 is 10.5 Å². The minimum atomic E-state index is -0.968. The molecule has 0 heterocycles. The van der Waals surface area contributed by atoms with Crippen LogP contribution in [-0.4, -0.2) is 7.11 Å². The maximum atomic E-state index is 13.4. The van der Waals surface area contributed by atoms with Crippen molar-refractivity contribution in [2.45, 2.75) is 44.3 Å². The lowest BCUT2D eigenvalue weighted by Gasteiger charge is -2.27. The van der Waals surface area contributed by atoms with Gasteiger partial charge in [-0.2, -0.15) is 0 Å². The summed E-state index contributed by atoms with van der Waals surface area (Å²) >= 11 is 0. The zero-order chi connectivity index (χ0) is 12.5. The summed E-state index contributed by atoms with van der Waals surface area (Å²) in [6.45, 7) is 1.55. The molecule has 3 heteroatoms. The van der Waals surface area contributed by atoms with Gasteiger partial charge in [-0.1, -0.05) is 18.9 Å². The van der Waals surface area contributed by atoms with E-state index >= 15 is 0 Å². The first-order valence-corrected chi connectivity index (χ1v) is 6.18. The third-order valence-corrected chi connectivity index (χ3v) is 3.72. The van der Waals surface area contributed by atoms with Gasteiger partial charge in [0.15, 0.2) is 0 Å². The highest BCUT2D eigenvalue weighted by atomic mass is 19.1. The average Bonchev–Trinajstić information content (AvgIpc) is 2.76. The van der Waals surface area contributed by atoms with Gasteiger partial charge in [-0.15, -0.1) is 0 Å². The third-order valence-electron chi connectivity index (χ3n) is 3.72. The summed E-state index contributed by atoms with van der Waals surface area (Å²) in [5, 5.41) is 0. The topological polar surface area (TPSA) is 35.2 Å². The number of rotatable bonds is 3. The number of benzene rings is 1. The van der Waals surface area contributed by atoms with Crippen LogP contribution in [0.2, 0.25) is 0 Å². The second-order valence-corrected chi connectivity index (χ2v) is 4.94. The molecule has 1 aromatic rings. The Morgan fingerprint density at radius 1 is 1.35 bits per heavy atom. The van der Waals surface area contributed by atoms with Crippen LogP contribution in [0.5, 0.6) is 5.75 Å². The Bertz CT molecular complexity index is 397. The van der Waals surface area contributed by atoms with Gasteiger partial charge in [0.2, 0.25) is 0 Å². The van der Waals surface area contributed by atoms with Gasteiger partial charge in [-0.25, -0.2) is 4.39 Å². The van der Waals surface area contributed by atoms with Gasteiger partial charge in [0.1, 0.15) is 11.9 Å². The van der Waals surface area contributed by atoms with Crippen molar-refractivity contribution in [3.63, 3.8) is 0 Å². The summed E-state index contributed by atoms with van der Waals surface area (Å²) in [5.74, 6) is 0.777. The van der Waals surface area contributed by atoms with E-state index in [0.717, 1.165) is 37.0 Å². The lowest BCUT2D eigenvalue weighted by molar-refractivity contribution is 0.363. The number of hydrogen-bond donors (Lipinski definition) is 1. The van der Waals surface area contributed by atoms with Crippen LogP contribution in [-0.2, 0) is 5.54 Å². The van der Waals surface area contributed by atoms with Gasteiger partial charge in [0.05, 0.1) is 7.11 Å². The molecule has 0 spiro atoms. The molecule has 1 atom stereocenters. The van der Waals surface area contributed by atoms with Crippen molar-refractivity contribution < 1.29 is 9.13 Å². The first-order chi connectivity index (χ1) is 8.07. The van der Waals surface area contributed by atoms with E-state index in [9.17, 15) is 4.39 Å². The molecule has 0 amide bonds. The van der Waals surface area contributed by atoms with Crippen molar-refractivity contribution in [2.75, 3.05) is 7.11 Å². The number of halogens is 1. The Balaban J connectivity index is 2.45. The van der Waals surface area contributed by atoms with Gasteiger partial charge in [0.25, 0.3) is 0 Å². The predicted molar refractivity (Wildman–Crippen MR) is 66.9 cm³/mol. The molecule has 17 heavy (non-hydrogen) atoms. The van der Waals surface area contributed by atoms with Gasteiger partial charge in [0, 0.05) is 11.1 Å². The molecule has 0 aliphatic heterocycles. The molecule has 0 radical (unpaired) electrons. The Hall–Kier alpha value is -1.09. The van der Waals surface area contributed by atoms with Gasteiger partial charge in [-0.05, 0) is 37.5 Å². The third kappa shape index (κ3) is 2.29. The fraction of sp³-hybridized carbons (Fsp3) is 0.571. The summed E-state index contributed by atoms with van der Waals surface area (Å²) in [6.07, 6.45) is 3.20. The highest BCUT2D eigenvalue weighted by Crippen LogP contribution is 2.41. The SMILES string of the molecule is COc1ccc(C(C)F)cc1C1(N)CCCC1. The van der Waals surface area contributed by atoms with Gasteiger partial charge in [-0.3, -0.25) is 0 Å². The van der Waals surface area contributed by atoms with E-state index in [2.05, 4.69) is 0 Å². The van der Waals surface area contributed by atoms with Crippen molar-refractivity contribution >= 4 is 0 Å². The van der Waals surface area contributed by atoms with Crippen molar-refractivity contribution in [1.82, 2.24) is 0 Å². The molecule has 0 bridgehead atoms. The minimum absolute atomic E-state index is 0.337. The van der Waals surface area contributed by atoms with E-state index in [1.807, 2.05) is 12.1 Å². The molecule has 1 aliphatic rings. The van der Waals surface area contributed by atoms with E-state index in [1.165, 1.54) is 0 Å². The molecule has 94 valence electrons. The zero-order valence-electron chi connectivity index (χ0n) is 10.5. The standard InChI is InChI=1S/C14H20FNO/c1-10(15)11-5-6-13(17-2)12(9-11)14(16)7-3-4-8-14/h5-6,9-10H,3-4,7-8,16H2,1-2H3. The van der Waals surface area contributed by atoms with Crippen LogP contribution in [0.15, 0.2) is 18.2 Å². The van der Waals surface area contributed by atoms with E-state index in [-0.39, 0.29) is 5.54 Å². The number of hydrogen-bond acceptors (Lipinski definition) is 2. The summed E-state index contributed by atoms with van der Waals surface area (Å²) in [4.78, 5) is 0. The number of methoxy groups -OCH3 is 1. The summed E-state index contributed by atoms with van der Waals surface area (Å²) < 4.78 is 18.7. The molecule has 1 aliphatic carbocycles. The maximum absolute atomic E-state index is 13.4. The molecule has 1 saturated carbocycles. The average molecular weight is 237 g/mol. The van der Waals surface area contributed by atoms with Crippen LogP contribution in [0, 0.1) is 0 Å². The number of alkyl halides is 1. The lowest BCUT2D eigenvalue weighted by atomic mass is 9.87. The van der Waals surface area contributed by atoms with E-state index in [1.54, 1.807) is 20.1 Å². The lowest BCUT2D eigenvalue weighted by Crippen LogP contribution is -2.33. The Labute approximate surface area is 102 Å². The smallest absolute Gasteiger partial charge is 0.123 e. The molecule has 0 aromatic heterocycles. The Morgan fingerprint density at radius 3 is 2.53 bits per heavy atom. The highest BCUT2D eigenvalue weighted by molar-refractivity contribution is 5.43. The second kappa shape index (κ2) is 4.65. The van der Waals surface area contributed by atoms with E-state index in [4.69, 9.17) is 10.5 Å². The molecule has 2 nitrogen and oxygen atoms in total. The summed E-state index contributed by atoms with van der Waals surface area (Å²) in [5.41, 5.74) is 7.72. The van der Waals surface area contributed by atoms with Crippen molar-refractivity contribution in [3.8, 4) is 5.75 Å². The summed E-state index contributed by atoms with van der Waals surface area (Å²) in [7, 11) is 1.63. The zero-order valence-corrected chi connectivity index (χ0v) is 10.5. The van der Waals surface area contributed by atoms with Crippen LogP contribution in [0.3, 0.4) is 0 Å². The normalized spacial score (nSPS) is 20.2. The Morgan fingerprint density at radius 2 is 2.00 bits per heavy atom. The monoisotopic (exact) mass is 237 g/mol. The molecular formula is C14H20FNO. The van der Waals surface area contributed by atoms with Crippen molar-refractivity contribution in [3.05, 3.63) is 29.3 Å². The van der Waals surface area contributed by atoms with Crippen molar-refractivity contribution in [2.24, 2.45) is 5.73 Å². The second-order valence-electron chi connectivity index (χ2n) is 4.94. The minimum Gasteiger partial charge on any atom is -0.496 e. The first-order valence-electron chi connectivity index (χ1n) is 6.18. The predicted octanol–water partition coefficient (Wildman–Crippen LogP) is 3.45. The fourth-order valence-electron chi connectivity index (χ4n) is 2.64. The highest BCUT2D eigenvalue weighted by Gasteiger charge is 2.34. The molecule has 2 N–H and O–H groups in total.